The highest BCUT2D eigenvalue weighted by Gasteiger charge is 2.18. The number of carbonyl (C=O) groups excluding carboxylic acids is 1. The van der Waals surface area contributed by atoms with Crippen molar-refractivity contribution in [2.75, 3.05) is 26.6 Å². The molecule has 5 aromatic rings. The van der Waals surface area contributed by atoms with Crippen LogP contribution in [0.4, 0.5) is 5.69 Å². The van der Waals surface area contributed by atoms with Gasteiger partial charge >= 0.3 is 0 Å². The number of nitrogens with zero attached hydrogens (tertiary/aromatic N) is 3. The number of fused-ring (bicyclic) bond motifs is 1. The molecule has 0 spiro atoms. The van der Waals surface area contributed by atoms with Crippen molar-refractivity contribution >= 4 is 22.5 Å². The number of anilines is 1. The largest absolute Gasteiger partial charge is 0.493 e. The van der Waals surface area contributed by atoms with E-state index in [0.717, 1.165) is 22.3 Å². The number of nitrogens with one attached hydrogen (secondary N) is 2. The molecule has 0 unspecified atom stereocenters. The molecular formula is C28H25N5O4. The lowest BCUT2D eigenvalue weighted by atomic mass is 10.0. The molecule has 0 aliphatic heterocycles. The van der Waals surface area contributed by atoms with Crippen molar-refractivity contribution in [2.24, 2.45) is 0 Å². The highest BCUT2D eigenvalue weighted by Crippen LogP contribution is 2.41. The number of H-pyrrole nitrogens is 1. The average molecular weight is 496 g/mol. The van der Waals surface area contributed by atoms with E-state index in [1.165, 1.54) is 0 Å². The maximum absolute atomic E-state index is 13.5. The molecule has 0 saturated carbocycles. The van der Waals surface area contributed by atoms with E-state index in [0.29, 0.717) is 45.5 Å². The topological polar surface area (TPSA) is 111 Å². The monoisotopic (exact) mass is 495 g/mol. The number of aryl methyl sites for hydroxylation is 1. The SMILES string of the molecule is COc1cc(-c2cc(C(=O)Nc3ccc(-c4n[nH]c(C)n4)cc3)c3ccccc3n2)cc(OC)c1OC. The van der Waals surface area contributed by atoms with Gasteiger partial charge in [-0.05, 0) is 55.5 Å². The zero-order chi connectivity index (χ0) is 25.9. The minimum absolute atomic E-state index is 0.256. The lowest BCUT2D eigenvalue weighted by molar-refractivity contribution is 0.102. The molecule has 9 nitrogen and oxygen atoms in total. The first-order valence-electron chi connectivity index (χ1n) is 11.5. The van der Waals surface area contributed by atoms with E-state index in [9.17, 15) is 4.79 Å². The summed E-state index contributed by atoms with van der Waals surface area (Å²) in [6.07, 6.45) is 0. The molecule has 2 heterocycles. The Bertz CT molecular complexity index is 1570. The number of aromatic nitrogens is 4. The van der Waals surface area contributed by atoms with Crippen LogP contribution in [0, 0.1) is 6.92 Å². The fourth-order valence-corrected chi connectivity index (χ4v) is 4.11. The molecule has 3 aromatic carbocycles. The van der Waals surface area contributed by atoms with Crippen LogP contribution in [0.25, 0.3) is 33.5 Å². The van der Waals surface area contributed by atoms with Gasteiger partial charge in [-0.15, -0.1) is 0 Å². The zero-order valence-corrected chi connectivity index (χ0v) is 20.8. The first-order chi connectivity index (χ1) is 18.0. The van der Waals surface area contributed by atoms with Gasteiger partial charge in [-0.25, -0.2) is 9.97 Å². The van der Waals surface area contributed by atoms with Crippen molar-refractivity contribution in [2.45, 2.75) is 6.92 Å². The van der Waals surface area contributed by atoms with Crippen LogP contribution in [0.5, 0.6) is 17.2 Å². The molecule has 9 heteroatoms. The lowest BCUT2D eigenvalue weighted by Gasteiger charge is -2.15. The highest BCUT2D eigenvalue weighted by molar-refractivity contribution is 6.13. The van der Waals surface area contributed by atoms with Crippen LogP contribution >= 0.6 is 0 Å². The summed E-state index contributed by atoms with van der Waals surface area (Å²) in [6.45, 7) is 1.84. The van der Waals surface area contributed by atoms with Gasteiger partial charge < -0.3 is 19.5 Å². The van der Waals surface area contributed by atoms with Gasteiger partial charge in [0.1, 0.15) is 5.82 Å². The second-order valence-electron chi connectivity index (χ2n) is 8.26. The van der Waals surface area contributed by atoms with Crippen molar-refractivity contribution in [3.63, 3.8) is 0 Å². The number of hydrogen-bond acceptors (Lipinski definition) is 7. The van der Waals surface area contributed by atoms with E-state index in [2.05, 4.69) is 20.5 Å². The molecule has 0 aliphatic rings. The summed E-state index contributed by atoms with van der Waals surface area (Å²) in [5.74, 6) is 2.56. The Labute approximate surface area is 213 Å². The standard InChI is InChI=1S/C28H25N5O4/c1-16-29-27(33-32-16)17-9-11-19(12-10-17)30-28(34)21-15-23(31-22-8-6-5-7-20(21)22)18-13-24(35-2)26(37-4)25(14-18)36-3/h5-15H,1-4H3,(H,30,34)(H,29,32,33). The lowest BCUT2D eigenvalue weighted by Crippen LogP contribution is -2.13. The van der Waals surface area contributed by atoms with E-state index in [1.54, 1.807) is 27.4 Å². The van der Waals surface area contributed by atoms with Crippen molar-refractivity contribution in [1.82, 2.24) is 20.2 Å². The third-order valence-electron chi connectivity index (χ3n) is 5.92. The van der Waals surface area contributed by atoms with Gasteiger partial charge in [-0.1, -0.05) is 18.2 Å². The Morgan fingerprint density at radius 3 is 2.16 bits per heavy atom. The van der Waals surface area contributed by atoms with Gasteiger partial charge in [0.15, 0.2) is 17.3 Å². The first kappa shape index (κ1) is 23.8. The number of pyridine rings is 1. The fourth-order valence-electron chi connectivity index (χ4n) is 4.11. The molecule has 0 atom stereocenters. The first-order valence-corrected chi connectivity index (χ1v) is 11.5. The minimum atomic E-state index is -0.256. The molecule has 2 aromatic heterocycles. The smallest absolute Gasteiger partial charge is 0.256 e. The van der Waals surface area contributed by atoms with Crippen LogP contribution < -0.4 is 19.5 Å². The molecule has 1 amide bonds. The molecule has 186 valence electrons. The summed E-state index contributed by atoms with van der Waals surface area (Å²) in [5, 5.41) is 10.7. The Kier molecular flexibility index (Phi) is 6.42. The number of carbonyl (C=O) groups is 1. The number of para-hydroxylation sites is 1. The number of amides is 1. The van der Waals surface area contributed by atoms with Crippen molar-refractivity contribution in [1.29, 1.82) is 0 Å². The molecule has 2 N–H and O–H groups in total. The van der Waals surface area contributed by atoms with E-state index < -0.39 is 0 Å². The van der Waals surface area contributed by atoms with Crippen LogP contribution in [0.1, 0.15) is 16.2 Å². The molecule has 0 aliphatic carbocycles. The average Bonchev–Trinajstić information content (AvgIpc) is 3.37. The van der Waals surface area contributed by atoms with E-state index in [1.807, 2.05) is 67.6 Å². The number of methoxy groups -OCH3 is 3. The Morgan fingerprint density at radius 1 is 0.838 bits per heavy atom. The van der Waals surface area contributed by atoms with Crippen LogP contribution in [-0.4, -0.2) is 47.4 Å². The quantitative estimate of drug-likeness (QED) is 0.316. The number of ether oxygens (including phenoxy) is 3. The van der Waals surface area contributed by atoms with Gasteiger partial charge in [0.25, 0.3) is 5.91 Å². The Balaban J connectivity index is 1.52. The molecule has 37 heavy (non-hydrogen) atoms. The predicted octanol–water partition coefficient (Wildman–Crippen LogP) is 5.27. The van der Waals surface area contributed by atoms with Crippen LogP contribution in [0.2, 0.25) is 0 Å². The second-order valence-corrected chi connectivity index (χ2v) is 8.26. The zero-order valence-electron chi connectivity index (χ0n) is 20.8. The summed E-state index contributed by atoms with van der Waals surface area (Å²) in [5.41, 5.74) is 3.99. The molecule has 0 fully saturated rings. The number of rotatable bonds is 7. The normalized spacial score (nSPS) is 10.8. The van der Waals surface area contributed by atoms with Gasteiger partial charge in [-0.3, -0.25) is 9.89 Å². The number of aromatic amines is 1. The third-order valence-corrected chi connectivity index (χ3v) is 5.92. The van der Waals surface area contributed by atoms with Gasteiger partial charge in [0, 0.05) is 22.2 Å². The minimum Gasteiger partial charge on any atom is -0.493 e. The molecule has 0 bridgehead atoms. The van der Waals surface area contributed by atoms with Gasteiger partial charge in [0.05, 0.1) is 38.1 Å². The maximum atomic E-state index is 13.5. The Morgan fingerprint density at radius 2 is 1.54 bits per heavy atom. The molecular weight excluding hydrogens is 470 g/mol. The van der Waals surface area contributed by atoms with Gasteiger partial charge in [0.2, 0.25) is 5.75 Å². The number of benzene rings is 3. The predicted molar refractivity (Wildman–Crippen MR) is 141 cm³/mol. The van der Waals surface area contributed by atoms with Crippen LogP contribution in [0.3, 0.4) is 0 Å². The number of hydrogen-bond donors (Lipinski definition) is 2. The summed E-state index contributed by atoms with van der Waals surface area (Å²) in [7, 11) is 4.67. The van der Waals surface area contributed by atoms with Crippen LogP contribution in [0.15, 0.2) is 66.7 Å². The van der Waals surface area contributed by atoms with Crippen molar-refractivity contribution in [3.8, 4) is 39.9 Å². The maximum Gasteiger partial charge on any atom is 0.256 e. The summed E-state index contributed by atoms with van der Waals surface area (Å²) in [4.78, 5) is 22.6. The summed E-state index contributed by atoms with van der Waals surface area (Å²) in [6, 6.07) is 20.3. The van der Waals surface area contributed by atoms with E-state index in [4.69, 9.17) is 19.2 Å². The van der Waals surface area contributed by atoms with E-state index in [-0.39, 0.29) is 5.91 Å². The fraction of sp³-hybridized carbons (Fsp3) is 0.143. The highest BCUT2D eigenvalue weighted by atomic mass is 16.5. The van der Waals surface area contributed by atoms with E-state index >= 15 is 0 Å². The molecule has 5 rings (SSSR count). The van der Waals surface area contributed by atoms with Crippen LogP contribution in [-0.2, 0) is 0 Å². The molecule has 0 radical (unpaired) electrons. The third kappa shape index (κ3) is 4.66. The van der Waals surface area contributed by atoms with Crippen molar-refractivity contribution < 1.29 is 19.0 Å². The van der Waals surface area contributed by atoms with Gasteiger partial charge in [-0.2, -0.15) is 5.10 Å². The Hall–Kier alpha value is -4.92. The molecule has 0 saturated heterocycles. The van der Waals surface area contributed by atoms with Crippen molar-refractivity contribution in [3.05, 3.63) is 78.1 Å². The second kappa shape index (κ2) is 9.98. The summed E-state index contributed by atoms with van der Waals surface area (Å²) >= 11 is 0. The summed E-state index contributed by atoms with van der Waals surface area (Å²) < 4.78 is 16.5.